The number of aromatic nitrogens is 3. The molecule has 0 spiro atoms. The van der Waals surface area contributed by atoms with Gasteiger partial charge < -0.3 is 14.6 Å². The first-order valence-corrected chi connectivity index (χ1v) is 10.0. The SMILES string of the molecule is COCc1cnc2c(-c3nc4c(C(O)C(F)(F)F)cc(OC)cc4s3)cc(C)cc2n1. The van der Waals surface area contributed by atoms with Crippen molar-refractivity contribution in [1.82, 2.24) is 15.0 Å². The zero-order valence-electron chi connectivity index (χ0n) is 16.8. The maximum Gasteiger partial charge on any atom is 0.418 e. The molecule has 6 nitrogen and oxygen atoms in total. The van der Waals surface area contributed by atoms with Crippen LogP contribution in [0.1, 0.15) is 22.9 Å². The lowest BCUT2D eigenvalue weighted by molar-refractivity contribution is -0.206. The Bertz CT molecular complexity index is 1270. The molecule has 0 aliphatic heterocycles. The van der Waals surface area contributed by atoms with Crippen LogP contribution in [0.2, 0.25) is 0 Å². The van der Waals surface area contributed by atoms with Gasteiger partial charge in [0.15, 0.2) is 6.10 Å². The van der Waals surface area contributed by atoms with Crippen molar-refractivity contribution in [2.45, 2.75) is 25.8 Å². The number of alkyl halides is 3. The normalized spacial score (nSPS) is 13.1. The van der Waals surface area contributed by atoms with E-state index in [4.69, 9.17) is 9.47 Å². The van der Waals surface area contributed by atoms with Crippen molar-refractivity contribution in [1.29, 1.82) is 0 Å². The summed E-state index contributed by atoms with van der Waals surface area (Å²) in [5.41, 5.74) is 3.15. The fourth-order valence-corrected chi connectivity index (χ4v) is 4.38. The molecule has 0 aliphatic rings. The molecule has 2 heterocycles. The molecule has 0 saturated heterocycles. The van der Waals surface area contributed by atoms with Crippen molar-refractivity contribution in [3.8, 4) is 16.3 Å². The number of hydrogen-bond acceptors (Lipinski definition) is 7. The maximum absolute atomic E-state index is 13.2. The highest BCUT2D eigenvalue weighted by Gasteiger charge is 2.41. The molecule has 4 aromatic rings. The van der Waals surface area contributed by atoms with Crippen LogP contribution in [0.3, 0.4) is 0 Å². The molecule has 0 amide bonds. The van der Waals surface area contributed by atoms with Gasteiger partial charge in [0.1, 0.15) is 10.8 Å². The van der Waals surface area contributed by atoms with E-state index in [0.29, 0.717) is 38.6 Å². The molecule has 31 heavy (non-hydrogen) atoms. The van der Waals surface area contributed by atoms with Gasteiger partial charge in [-0.05, 0) is 36.8 Å². The summed E-state index contributed by atoms with van der Waals surface area (Å²) in [4.78, 5) is 13.5. The molecule has 10 heteroatoms. The summed E-state index contributed by atoms with van der Waals surface area (Å²) in [5.74, 6) is 0.207. The highest BCUT2D eigenvalue weighted by Crippen LogP contribution is 2.42. The minimum atomic E-state index is -4.83. The Morgan fingerprint density at radius 1 is 1.10 bits per heavy atom. The topological polar surface area (TPSA) is 77.4 Å². The second-order valence-electron chi connectivity index (χ2n) is 7.00. The number of thiazole rings is 1. The van der Waals surface area contributed by atoms with Crippen LogP contribution in [0.25, 0.3) is 31.8 Å². The first kappa shape index (κ1) is 21.4. The second kappa shape index (κ2) is 8.03. The molecule has 4 rings (SSSR count). The van der Waals surface area contributed by atoms with E-state index in [9.17, 15) is 18.3 Å². The third-order valence-corrected chi connectivity index (χ3v) is 5.74. The number of benzene rings is 2. The van der Waals surface area contributed by atoms with Gasteiger partial charge in [0.05, 0.1) is 46.9 Å². The lowest BCUT2D eigenvalue weighted by Gasteiger charge is -2.16. The Kier molecular flexibility index (Phi) is 5.54. The van der Waals surface area contributed by atoms with Crippen molar-refractivity contribution >= 4 is 32.6 Å². The van der Waals surface area contributed by atoms with Crippen molar-refractivity contribution in [2.75, 3.05) is 14.2 Å². The van der Waals surface area contributed by atoms with E-state index >= 15 is 0 Å². The van der Waals surface area contributed by atoms with Crippen LogP contribution in [0.5, 0.6) is 5.75 Å². The summed E-state index contributed by atoms with van der Waals surface area (Å²) in [5, 5.41) is 10.4. The minimum Gasteiger partial charge on any atom is -0.497 e. The van der Waals surface area contributed by atoms with Crippen molar-refractivity contribution in [3.05, 3.63) is 47.3 Å². The van der Waals surface area contributed by atoms with Gasteiger partial charge in [-0.2, -0.15) is 13.2 Å². The van der Waals surface area contributed by atoms with E-state index in [1.165, 1.54) is 18.4 Å². The van der Waals surface area contributed by atoms with Gasteiger partial charge in [-0.15, -0.1) is 11.3 Å². The van der Waals surface area contributed by atoms with Gasteiger partial charge in [-0.25, -0.2) is 9.97 Å². The highest BCUT2D eigenvalue weighted by atomic mass is 32.1. The smallest absolute Gasteiger partial charge is 0.418 e. The molecule has 0 radical (unpaired) electrons. The maximum atomic E-state index is 13.2. The van der Waals surface area contributed by atoms with E-state index in [1.54, 1.807) is 19.4 Å². The number of methoxy groups -OCH3 is 2. The summed E-state index contributed by atoms with van der Waals surface area (Å²) in [6.45, 7) is 2.20. The number of aliphatic hydroxyl groups is 1. The van der Waals surface area contributed by atoms with Crippen molar-refractivity contribution in [3.63, 3.8) is 0 Å². The highest BCUT2D eigenvalue weighted by molar-refractivity contribution is 7.21. The van der Waals surface area contributed by atoms with Crippen molar-refractivity contribution < 1.29 is 27.8 Å². The standard InChI is InChI=1S/C21H18F3N3O3S/c1-10-4-14(17-15(5-10)26-11(8-25-17)9-29-2)20-27-18-13(19(28)21(22,23)24)6-12(30-3)7-16(18)31-20/h4-8,19,28H,9H2,1-3H3. The van der Waals surface area contributed by atoms with Crippen LogP contribution in [0, 0.1) is 6.92 Å². The third kappa shape index (κ3) is 4.06. The Balaban J connectivity index is 1.94. The molecule has 1 unspecified atom stereocenters. The average molecular weight is 449 g/mol. The summed E-state index contributed by atoms with van der Waals surface area (Å²) >= 11 is 1.20. The van der Waals surface area contributed by atoms with Gasteiger partial charge in [0, 0.05) is 18.2 Å². The van der Waals surface area contributed by atoms with Crippen LogP contribution in [0.15, 0.2) is 30.5 Å². The van der Waals surface area contributed by atoms with Crippen LogP contribution in [-0.2, 0) is 11.3 Å². The molecule has 0 bridgehead atoms. The van der Waals surface area contributed by atoms with E-state index in [-0.39, 0.29) is 16.8 Å². The summed E-state index contributed by atoms with van der Waals surface area (Å²) in [6, 6.07) is 6.50. The van der Waals surface area contributed by atoms with Gasteiger partial charge in [-0.3, -0.25) is 4.98 Å². The summed E-state index contributed by atoms with van der Waals surface area (Å²) < 4.78 is 50.4. The minimum absolute atomic E-state index is 0.0734. The van der Waals surface area contributed by atoms with E-state index in [1.807, 2.05) is 19.1 Å². The molecule has 0 fully saturated rings. The van der Waals surface area contributed by atoms with Crippen LogP contribution in [-0.4, -0.2) is 40.5 Å². The first-order chi connectivity index (χ1) is 14.7. The molecule has 0 aliphatic carbocycles. The lowest BCUT2D eigenvalue weighted by atomic mass is 10.1. The zero-order valence-corrected chi connectivity index (χ0v) is 17.6. The number of hydrogen-bond donors (Lipinski definition) is 1. The molecule has 2 aromatic carbocycles. The third-order valence-electron chi connectivity index (χ3n) is 4.70. The lowest BCUT2D eigenvalue weighted by Crippen LogP contribution is -2.20. The van der Waals surface area contributed by atoms with E-state index in [0.717, 1.165) is 11.6 Å². The Morgan fingerprint density at radius 2 is 1.87 bits per heavy atom. The van der Waals surface area contributed by atoms with Crippen LogP contribution < -0.4 is 4.74 Å². The fraction of sp³-hybridized carbons (Fsp3) is 0.286. The molecular weight excluding hydrogens is 431 g/mol. The number of aliphatic hydroxyl groups excluding tert-OH is 1. The zero-order chi connectivity index (χ0) is 22.3. The average Bonchev–Trinajstić information content (AvgIpc) is 3.15. The number of nitrogens with zero attached hydrogens (tertiary/aromatic N) is 3. The van der Waals surface area contributed by atoms with Crippen LogP contribution >= 0.6 is 11.3 Å². The molecule has 1 N–H and O–H groups in total. The van der Waals surface area contributed by atoms with Gasteiger partial charge >= 0.3 is 6.18 Å². The Hall–Kier alpha value is -2.82. The molecular formula is C21H18F3N3O3S. The molecule has 1 atom stereocenters. The van der Waals surface area contributed by atoms with Gasteiger partial charge in [0.2, 0.25) is 0 Å². The van der Waals surface area contributed by atoms with Gasteiger partial charge in [-0.1, -0.05) is 0 Å². The quantitative estimate of drug-likeness (QED) is 0.464. The van der Waals surface area contributed by atoms with Gasteiger partial charge in [0.25, 0.3) is 0 Å². The number of halogens is 3. The van der Waals surface area contributed by atoms with E-state index in [2.05, 4.69) is 15.0 Å². The Morgan fingerprint density at radius 3 is 2.55 bits per heavy atom. The number of rotatable bonds is 5. The molecule has 162 valence electrons. The second-order valence-corrected chi connectivity index (χ2v) is 8.03. The first-order valence-electron chi connectivity index (χ1n) is 9.20. The summed E-state index contributed by atoms with van der Waals surface area (Å²) in [6.07, 6.45) is -5.91. The van der Waals surface area contributed by atoms with Crippen molar-refractivity contribution in [2.24, 2.45) is 0 Å². The summed E-state index contributed by atoms with van der Waals surface area (Å²) in [7, 11) is 2.92. The number of aryl methyl sites for hydroxylation is 1. The van der Waals surface area contributed by atoms with E-state index < -0.39 is 12.3 Å². The molecule has 2 aromatic heterocycles. The Labute approximate surface area is 179 Å². The number of ether oxygens (including phenoxy) is 2. The predicted molar refractivity (Wildman–Crippen MR) is 111 cm³/mol. The molecule has 0 saturated carbocycles. The fourth-order valence-electron chi connectivity index (χ4n) is 3.33. The predicted octanol–water partition coefficient (Wildman–Crippen LogP) is 4.97. The monoisotopic (exact) mass is 449 g/mol. The largest absolute Gasteiger partial charge is 0.497 e. The number of fused-ring (bicyclic) bond motifs is 2. The van der Waals surface area contributed by atoms with Crippen LogP contribution in [0.4, 0.5) is 13.2 Å².